The third-order valence-electron chi connectivity index (χ3n) is 4.25. The average molecular weight is 439 g/mol. The predicted octanol–water partition coefficient (Wildman–Crippen LogP) is 5.56. The van der Waals surface area contributed by atoms with Crippen LogP contribution in [0.4, 0.5) is 14.5 Å². The van der Waals surface area contributed by atoms with Crippen molar-refractivity contribution >= 4 is 39.4 Å². The first-order valence-corrected chi connectivity index (χ1v) is 9.23. The summed E-state index contributed by atoms with van der Waals surface area (Å²) in [6, 6.07) is 19.0. The summed E-state index contributed by atoms with van der Waals surface area (Å²) in [5.41, 5.74) is 1.56. The van der Waals surface area contributed by atoms with Gasteiger partial charge in [0.05, 0.1) is 5.69 Å². The molecular formula is C22H13BrF2N2O. The number of hydrogen-bond acceptors (Lipinski definition) is 2. The van der Waals surface area contributed by atoms with Crippen molar-refractivity contribution in [2.45, 2.75) is 0 Å². The molecule has 28 heavy (non-hydrogen) atoms. The second-order valence-electron chi connectivity index (χ2n) is 6.11. The molecule has 0 bridgehead atoms. The smallest absolute Gasteiger partial charge is 0.266 e. The molecule has 4 rings (SSSR count). The van der Waals surface area contributed by atoms with Gasteiger partial charge in [0.1, 0.15) is 23.2 Å². The van der Waals surface area contributed by atoms with Crippen molar-refractivity contribution < 1.29 is 13.6 Å². The molecule has 1 aliphatic rings. The van der Waals surface area contributed by atoms with Crippen LogP contribution in [-0.2, 0) is 4.79 Å². The molecule has 0 unspecified atom stereocenters. The first kappa shape index (κ1) is 18.3. The topological polar surface area (TPSA) is 32.7 Å². The van der Waals surface area contributed by atoms with Crippen LogP contribution in [0.1, 0.15) is 11.1 Å². The van der Waals surface area contributed by atoms with Gasteiger partial charge in [-0.3, -0.25) is 9.69 Å². The van der Waals surface area contributed by atoms with Crippen LogP contribution in [0.5, 0.6) is 0 Å². The van der Waals surface area contributed by atoms with Gasteiger partial charge in [-0.1, -0.05) is 46.3 Å². The van der Waals surface area contributed by atoms with Crippen LogP contribution >= 0.6 is 15.9 Å². The number of rotatable bonds is 3. The molecule has 1 aliphatic heterocycles. The first-order valence-electron chi connectivity index (χ1n) is 8.44. The maximum Gasteiger partial charge on any atom is 0.282 e. The predicted molar refractivity (Wildman–Crippen MR) is 109 cm³/mol. The zero-order valence-electron chi connectivity index (χ0n) is 14.4. The van der Waals surface area contributed by atoms with Crippen LogP contribution in [-0.4, -0.2) is 11.7 Å². The van der Waals surface area contributed by atoms with Crippen molar-refractivity contribution in [3.05, 3.63) is 106 Å². The molecule has 3 aromatic carbocycles. The maximum absolute atomic E-state index is 14.0. The van der Waals surface area contributed by atoms with E-state index in [0.717, 1.165) is 4.47 Å². The SMILES string of the molecule is O=C1C(=Cc2ccccc2F)N=C(c2ccc(Br)cc2)N1c1ccc(F)cc1. The largest absolute Gasteiger partial charge is 0.282 e. The molecule has 0 N–H and O–H groups in total. The molecule has 0 atom stereocenters. The fourth-order valence-corrected chi connectivity index (χ4v) is 3.14. The highest BCUT2D eigenvalue weighted by Crippen LogP contribution is 2.29. The van der Waals surface area contributed by atoms with Crippen molar-refractivity contribution in [3.8, 4) is 0 Å². The molecule has 0 saturated heterocycles. The first-order chi connectivity index (χ1) is 13.5. The Balaban J connectivity index is 1.84. The Bertz CT molecular complexity index is 1110. The Labute approximate surface area is 168 Å². The maximum atomic E-state index is 14.0. The molecule has 1 amide bonds. The Hall–Kier alpha value is -3.12. The third-order valence-corrected chi connectivity index (χ3v) is 4.77. The van der Waals surface area contributed by atoms with E-state index in [1.807, 2.05) is 24.3 Å². The number of hydrogen-bond donors (Lipinski definition) is 0. The molecule has 3 aromatic rings. The second-order valence-corrected chi connectivity index (χ2v) is 7.03. The lowest BCUT2D eigenvalue weighted by Crippen LogP contribution is -2.32. The number of carbonyl (C=O) groups is 1. The summed E-state index contributed by atoms with van der Waals surface area (Å²) in [5.74, 6) is -0.859. The fourth-order valence-electron chi connectivity index (χ4n) is 2.88. The van der Waals surface area contributed by atoms with E-state index in [1.54, 1.807) is 18.2 Å². The van der Waals surface area contributed by atoms with Gasteiger partial charge < -0.3 is 0 Å². The molecule has 6 heteroatoms. The minimum Gasteiger partial charge on any atom is -0.266 e. The number of halogens is 3. The lowest BCUT2D eigenvalue weighted by Gasteiger charge is -2.18. The van der Waals surface area contributed by atoms with E-state index in [0.29, 0.717) is 17.1 Å². The third kappa shape index (κ3) is 3.51. The number of aliphatic imine (C=N–C) groups is 1. The van der Waals surface area contributed by atoms with E-state index >= 15 is 0 Å². The van der Waals surface area contributed by atoms with Crippen LogP contribution in [0.15, 0.2) is 88.0 Å². The van der Waals surface area contributed by atoms with Gasteiger partial charge in [0.15, 0.2) is 0 Å². The fraction of sp³-hybridized carbons (Fsp3) is 0. The molecule has 0 fully saturated rings. The zero-order chi connectivity index (χ0) is 19.7. The number of carbonyl (C=O) groups excluding carboxylic acids is 1. The summed E-state index contributed by atoms with van der Waals surface area (Å²) in [6.45, 7) is 0. The van der Waals surface area contributed by atoms with E-state index in [1.165, 1.54) is 41.3 Å². The van der Waals surface area contributed by atoms with Crippen LogP contribution in [0.2, 0.25) is 0 Å². The van der Waals surface area contributed by atoms with Crippen molar-refractivity contribution in [2.24, 2.45) is 4.99 Å². The molecular weight excluding hydrogens is 426 g/mol. The van der Waals surface area contributed by atoms with E-state index < -0.39 is 17.5 Å². The summed E-state index contributed by atoms with van der Waals surface area (Å²) in [4.78, 5) is 18.9. The quantitative estimate of drug-likeness (QED) is 0.492. The number of amidine groups is 1. The van der Waals surface area contributed by atoms with Gasteiger partial charge >= 0.3 is 0 Å². The molecule has 0 saturated carbocycles. The lowest BCUT2D eigenvalue weighted by atomic mass is 10.1. The zero-order valence-corrected chi connectivity index (χ0v) is 16.0. The summed E-state index contributed by atoms with van der Waals surface area (Å²) in [5, 5.41) is 0. The van der Waals surface area contributed by atoms with E-state index in [2.05, 4.69) is 20.9 Å². The molecule has 1 heterocycles. The Morgan fingerprint density at radius 2 is 1.57 bits per heavy atom. The van der Waals surface area contributed by atoms with Gasteiger partial charge in [-0.25, -0.2) is 13.8 Å². The van der Waals surface area contributed by atoms with Crippen LogP contribution < -0.4 is 4.90 Å². The molecule has 0 aliphatic carbocycles. The number of anilines is 1. The van der Waals surface area contributed by atoms with E-state index in [9.17, 15) is 13.6 Å². The van der Waals surface area contributed by atoms with Crippen molar-refractivity contribution in [2.75, 3.05) is 4.90 Å². The molecule has 3 nitrogen and oxygen atoms in total. The van der Waals surface area contributed by atoms with Gasteiger partial charge in [-0.15, -0.1) is 0 Å². The minimum absolute atomic E-state index is 0.104. The Kier molecular flexibility index (Phi) is 4.88. The summed E-state index contributed by atoms with van der Waals surface area (Å²) < 4.78 is 28.3. The lowest BCUT2D eigenvalue weighted by molar-refractivity contribution is -0.113. The second kappa shape index (κ2) is 7.48. The van der Waals surface area contributed by atoms with Gasteiger partial charge in [-0.05, 0) is 48.5 Å². The molecule has 0 aromatic heterocycles. The number of benzene rings is 3. The van der Waals surface area contributed by atoms with Crippen molar-refractivity contribution in [1.29, 1.82) is 0 Å². The highest BCUT2D eigenvalue weighted by molar-refractivity contribution is 9.10. The molecule has 0 radical (unpaired) electrons. The normalized spacial score (nSPS) is 15.2. The average Bonchev–Trinajstić information content (AvgIpc) is 3.01. The van der Waals surface area contributed by atoms with Crippen LogP contribution in [0, 0.1) is 11.6 Å². The van der Waals surface area contributed by atoms with Gasteiger partial charge in [-0.2, -0.15) is 0 Å². The highest BCUT2D eigenvalue weighted by atomic mass is 79.9. The molecule has 138 valence electrons. The Morgan fingerprint density at radius 3 is 2.25 bits per heavy atom. The van der Waals surface area contributed by atoms with Crippen LogP contribution in [0.25, 0.3) is 6.08 Å². The monoisotopic (exact) mass is 438 g/mol. The Morgan fingerprint density at radius 1 is 0.893 bits per heavy atom. The summed E-state index contributed by atoms with van der Waals surface area (Å²) in [7, 11) is 0. The summed E-state index contributed by atoms with van der Waals surface area (Å²) in [6.07, 6.45) is 1.42. The van der Waals surface area contributed by atoms with Crippen LogP contribution in [0.3, 0.4) is 0 Å². The van der Waals surface area contributed by atoms with Gasteiger partial charge in [0, 0.05) is 15.6 Å². The van der Waals surface area contributed by atoms with E-state index in [4.69, 9.17) is 0 Å². The summed E-state index contributed by atoms with van der Waals surface area (Å²) >= 11 is 3.38. The van der Waals surface area contributed by atoms with Crippen molar-refractivity contribution in [1.82, 2.24) is 0 Å². The van der Waals surface area contributed by atoms with E-state index in [-0.39, 0.29) is 11.3 Å². The highest BCUT2D eigenvalue weighted by Gasteiger charge is 2.32. The van der Waals surface area contributed by atoms with Gasteiger partial charge in [0.2, 0.25) is 0 Å². The minimum atomic E-state index is -0.441. The number of amides is 1. The molecule has 0 spiro atoms. The number of nitrogens with zero attached hydrogens (tertiary/aromatic N) is 2. The standard InChI is InChI=1S/C22H13BrF2N2O/c23-16-7-5-14(6-8-16)21-26-20(13-15-3-1-2-4-19(15)25)22(28)27(21)18-11-9-17(24)10-12-18/h1-13H. The van der Waals surface area contributed by atoms with Gasteiger partial charge in [0.25, 0.3) is 5.91 Å². The van der Waals surface area contributed by atoms with Crippen molar-refractivity contribution in [3.63, 3.8) is 0 Å².